The smallest absolute Gasteiger partial charge is 0.153 e. The lowest BCUT2D eigenvalue weighted by atomic mass is 9.97. The van der Waals surface area contributed by atoms with Gasteiger partial charge in [-0.15, -0.1) is 0 Å². The van der Waals surface area contributed by atoms with Crippen LogP contribution in [0, 0.1) is 0 Å². The first-order chi connectivity index (χ1) is 7.27. The molecular weight excluding hydrogens is 188 g/mol. The van der Waals surface area contributed by atoms with Crippen molar-refractivity contribution >= 4 is 11.8 Å². The van der Waals surface area contributed by atoms with Crippen molar-refractivity contribution < 1.29 is 4.79 Å². The molecular formula is C12H14N2O. The quantitative estimate of drug-likeness (QED) is 0.717. The largest absolute Gasteiger partial charge is 0.298 e. The van der Waals surface area contributed by atoms with E-state index in [4.69, 9.17) is 0 Å². The van der Waals surface area contributed by atoms with E-state index in [-0.39, 0.29) is 0 Å². The molecule has 78 valence electrons. The van der Waals surface area contributed by atoms with E-state index in [1.54, 1.807) is 10.7 Å². The fourth-order valence-corrected chi connectivity index (χ4v) is 1.80. The Morgan fingerprint density at radius 3 is 3.07 bits per heavy atom. The summed E-state index contributed by atoms with van der Waals surface area (Å²) in [4.78, 5) is 10.9. The molecule has 2 aromatic rings. The van der Waals surface area contributed by atoms with Crippen molar-refractivity contribution in [1.82, 2.24) is 9.61 Å². The summed E-state index contributed by atoms with van der Waals surface area (Å²) in [6, 6.07) is 4.04. The number of carbonyl (C=O) groups is 1. The van der Waals surface area contributed by atoms with Gasteiger partial charge >= 0.3 is 0 Å². The van der Waals surface area contributed by atoms with E-state index in [0.717, 1.165) is 18.2 Å². The van der Waals surface area contributed by atoms with Gasteiger partial charge in [-0.05, 0) is 24.0 Å². The Kier molecular flexibility index (Phi) is 2.54. The van der Waals surface area contributed by atoms with E-state index in [0.29, 0.717) is 11.5 Å². The van der Waals surface area contributed by atoms with E-state index < -0.39 is 0 Å². The molecule has 15 heavy (non-hydrogen) atoms. The van der Waals surface area contributed by atoms with Gasteiger partial charge < -0.3 is 0 Å². The topological polar surface area (TPSA) is 34.4 Å². The Morgan fingerprint density at radius 2 is 2.40 bits per heavy atom. The van der Waals surface area contributed by atoms with Crippen LogP contribution in [0.2, 0.25) is 0 Å². The van der Waals surface area contributed by atoms with Crippen LogP contribution >= 0.6 is 0 Å². The molecule has 0 aliphatic rings. The van der Waals surface area contributed by atoms with Crippen molar-refractivity contribution in [3.05, 3.63) is 35.7 Å². The molecule has 2 heterocycles. The average Bonchev–Trinajstić information content (AvgIpc) is 2.70. The molecule has 0 bridgehead atoms. The molecule has 0 fully saturated rings. The average molecular weight is 202 g/mol. The Morgan fingerprint density at radius 1 is 1.60 bits per heavy atom. The van der Waals surface area contributed by atoms with Gasteiger partial charge in [0, 0.05) is 6.20 Å². The molecule has 1 unspecified atom stereocenters. The van der Waals surface area contributed by atoms with E-state index in [1.165, 1.54) is 5.56 Å². The van der Waals surface area contributed by atoms with Crippen molar-refractivity contribution in [1.29, 1.82) is 0 Å². The van der Waals surface area contributed by atoms with Crippen LogP contribution in [0.25, 0.3) is 5.52 Å². The van der Waals surface area contributed by atoms with Crippen LogP contribution in [0.15, 0.2) is 24.5 Å². The summed E-state index contributed by atoms with van der Waals surface area (Å²) in [6.45, 7) is 4.31. The maximum atomic E-state index is 10.9. The Hall–Kier alpha value is -1.64. The summed E-state index contributed by atoms with van der Waals surface area (Å²) in [5.41, 5.74) is 2.81. The zero-order valence-corrected chi connectivity index (χ0v) is 8.97. The first kappa shape index (κ1) is 9.90. The zero-order chi connectivity index (χ0) is 10.8. The van der Waals surface area contributed by atoms with Gasteiger partial charge in [0.2, 0.25) is 0 Å². The minimum Gasteiger partial charge on any atom is -0.298 e. The fraction of sp³-hybridized carbons (Fsp3) is 0.333. The number of aldehydes is 1. The highest BCUT2D eigenvalue weighted by Gasteiger charge is 2.12. The lowest BCUT2D eigenvalue weighted by molar-refractivity contribution is 0.112. The number of rotatable bonds is 3. The number of fused-ring (bicyclic) bond motifs is 1. The van der Waals surface area contributed by atoms with E-state index in [2.05, 4.69) is 25.0 Å². The molecule has 1 atom stereocenters. The molecule has 2 aromatic heterocycles. The summed E-state index contributed by atoms with van der Waals surface area (Å²) in [7, 11) is 0. The molecule has 0 aliphatic heterocycles. The molecule has 0 saturated carbocycles. The molecule has 0 aliphatic carbocycles. The van der Waals surface area contributed by atoms with E-state index in [1.807, 2.05) is 12.3 Å². The van der Waals surface area contributed by atoms with E-state index >= 15 is 0 Å². The normalized spacial score (nSPS) is 12.9. The van der Waals surface area contributed by atoms with Crippen molar-refractivity contribution in [2.75, 3.05) is 0 Å². The van der Waals surface area contributed by atoms with Crippen LogP contribution < -0.4 is 0 Å². The van der Waals surface area contributed by atoms with Crippen LogP contribution in [-0.2, 0) is 0 Å². The van der Waals surface area contributed by atoms with Crippen LogP contribution in [0.1, 0.15) is 42.1 Å². The van der Waals surface area contributed by atoms with Gasteiger partial charge in [0.05, 0.1) is 17.3 Å². The second-order valence-electron chi connectivity index (χ2n) is 3.78. The molecule has 3 nitrogen and oxygen atoms in total. The minimum absolute atomic E-state index is 0.448. The highest BCUT2D eigenvalue weighted by atomic mass is 16.1. The van der Waals surface area contributed by atoms with Crippen molar-refractivity contribution in [3.8, 4) is 0 Å². The molecule has 2 rings (SSSR count). The predicted molar refractivity (Wildman–Crippen MR) is 59.3 cm³/mol. The third kappa shape index (κ3) is 1.54. The molecule has 0 radical (unpaired) electrons. The first-order valence-electron chi connectivity index (χ1n) is 5.19. The zero-order valence-electron chi connectivity index (χ0n) is 8.97. The van der Waals surface area contributed by atoms with Crippen molar-refractivity contribution in [2.24, 2.45) is 0 Å². The minimum atomic E-state index is 0.448. The number of hydrogen-bond acceptors (Lipinski definition) is 2. The number of nitrogens with zero attached hydrogens (tertiary/aromatic N) is 2. The van der Waals surface area contributed by atoms with Gasteiger partial charge in [-0.1, -0.05) is 19.9 Å². The maximum Gasteiger partial charge on any atom is 0.153 e. The van der Waals surface area contributed by atoms with Crippen molar-refractivity contribution in [3.63, 3.8) is 0 Å². The second kappa shape index (κ2) is 3.85. The standard InChI is InChI=1S/C12H14N2O/c1-3-9(2)11-5-4-6-14-12(11)10(8-15)7-13-14/h4-9H,3H2,1-2H3. The Balaban J connectivity index is 2.72. The second-order valence-corrected chi connectivity index (χ2v) is 3.78. The summed E-state index contributed by atoms with van der Waals surface area (Å²) in [5, 5.41) is 4.15. The summed E-state index contributed by atoms with van der Waals surface area (Å²) >= 11 is 0. The molecule has 0 N–H and O–H groups in total. The third-order valence-electron chi connectivity index (χ3n) is 2.87. The summed E-state index contributed by atoms with van der Waals surface area (Å²) < 4.78 is 1.77. The Labute approximate surface area is 88.7 Å². The lowest BCUT2D eigenvalue weighted by Crippen LogP contribution is -1.97. The molecule has 0 amide bonds. The molecule has 0 saturated heterocycles. The fourth-order valence-electron chi connectivity index (χ4n) is 1.80. The van der Waals surface area contributed by atoms with Crippen LogP contribution in [0.4, 0.5) is 0 Å². The summed E-state index contributed by atoms with van der Waals surface area (Å²) in [6.07, 6.45) is 5.42. The van der Waals surface area contributed by atoms with Crippen LogP contribution in [0.3, 0.4) is 0 Å². The van der Waals surface area contributed by atoms with Gasteiger partial charge in [0.15, 0.2) is 6.29 Å². The van der Waals surface area contributed by atoms with Crippen LogP contribution in [0.5, 0.6) is 0 Å². The van der Waals surface area contributed by atoms with Gasteiger partial charge in [-0.3, -0.25) is 4.79 Å². The SMILES string of the molecule is CCC(C)c1cccn2ncc(C=O)c12. The molecule has 0 spiro atoms. The summed E-state index contributed by atoms with van der Waals surface area (Å²) in [5.74, 6) is 0.448. The predicted octanol–water partition coefficient (Wildman–Crippen LogP) is 2.66. The van der Waals surface area contributed by atoms with Gasteiger partial charge in [-0.2, -0.15) is 5.10 Å². The highest BCUT2D eigenvalue weighted by Crippen LogP contribution is 2.24. The highest BCUT2D eigenvalue weighted by molar-refractivity contribution is 5.87. The Bertz CT molecular complexity index is 487. The van der Waals surface area contributed by atoms with Gasteiger partial charge in [-0.25, -0.2) is 4.52 Å². The monoisotopic (exact) mass is 202 g/mol. The van der Waals surface area contributed by atoms with Gasteiger partial charge in [0.1, 0.15) is 0 Å². The van der Waals surface area contributed by atoms with Gasteiger partial charge in [0.25, 0.3) is 0 Å². The van der Waals surface area contributed by atoms with Crippen molar-refractivity contribution in [2.45, 2.75) is 26.2 Å². The van der Waals surface area contributed by atoms with E-state index in [9.17, 15) is 4.79 Å². The number of pyridine rings is 1. The number of aromatic nitrogens is 2. The number of hydrogen-bond donors (Lipinski definition) is 0. The molecule has 0 aromatic carbocycles. The van der Waals surface area contributed by atoms with Crippen LogP contribution in [-0.4, -0.2) is 15.9 Å². The lowest BCUT2D eigenvalue weighted by Gasteiger charge is -2.10. The third-order valence-corrected chi connectivity index (χ3v) is 2.87. The molecule has 3 heteroatoms. The maximum absolute atomic E-state index is 10.9. The number of carbonyl (C=O) groups excluding carboxylic acids is 1. The first-order valence-corrected chi connectivity index (χ1v) is 5.19.